The molecule has 0 amide bonds. The second-order valence-electron chi connectivity index (χ2n) is 5.41. The van der Waals surface area contributed by atoms with Gasteiger partial charge in [-0.05, 0) is 31.2 Å². The molecule has 10 heteroatoms. The first-order valence-corrected chi connectivity index (χ1v) is 10.3. The van der Waals surface area contributed by atoms with Gasteiger partial charge >= 0.3 is 5.97 Å². The van der Waals surface area contributed by atoms with E-state index >= 15 is 0 Å². The van der Waals surface area contributed by atoms with E-state index in [1.165, 1.54) is 38.5 Å². The number of rotatable bonds is 8. The summed E-state index contributed by atoms with van der Waals surface area (Å²) in [5.41, 5.74) is 0.208. The second kappa shape index (κ2) is 9.36. The lowest BCUT2D eigenvalue weighted by atomic mass is 10.3. The standard InChI is InChI=1S/C18H19Cl2NO6S/c1-4-27-13-7-5-6-12(10-13)21(11-16(22)26-3)28(23,24)15-9-8-14(25-2)17(19)18(15)20/h5-10H,4,11H2,1-3H3. The first-order chi connectivity index (χ1) is 13.3. The van der Waals surface area contributed by atoms with Crippen molar-refractivity contribution >= 4 is 44.9 Å². The fraction of sp³-hybridized carbons (Fsp3) is 0.278. The predicted octanol–water partition coefficient (Wildman–Crippen LogP) is 3.77. The van der Waals surface area contributed by atoms with Crippen molar-refractivity contribution in [3.05, 3.63) is 46.4 Å². The molecule has 7 nitrogen and oxygen atoms in total. The summed E-state index contributed by atoms with van der Waals surface area (Å²) in [4.78, 5) is 11.6. The van der Waals surface area contributed by atoms with Crippen molar-refractivity contribution in [3.8, 4) is 11.5 Å². The molecule has 0 radical (unpaired) electrons. The van der Waals surface area contributed by atoms with Gasteiger partial charge in [-0.15, -0.1) is 0 Å². The zero-order valence-corrected chi connectivity index (χ0v) is 17.8. The summed E-state index contributed by atoms with van der Waals surface area (Å²) in [6.45, 7) is 1.64. The summed E-state index contributed by atoms with van der Waals surface area (Å²) in [7, 11) is -1.71. The third-order valence-electron chi connectivity index (χ3n) is 3.72. The zero-order valence-electron chi connectivity index (χ0n) is 15.4. The van der Waals surface area contributed by atoms with Crippen LogP contribution in [-0.2, 0) is 19.6 Å². The van der Waals surface area contributed by atoms with E-state index in [0.717, 1.165) is 4.31 Å². The number of anilines is 1. The highest BCUT2D eigenvalue weighted by Gasteiger charge is 2.31. The molecule has 2 aromatic rings. The Kier molecular flexibility index (Phi) is 7.40. The van der Waals surface area contributed by atoms with Crippen molar-refractivity contribution in [2.24, 2.45) is 0 Å². The van der Waals surface area contributed by atoms with Gasteiger partial charge in [-0.25, -0.2) is 8.42 Å². The Morgan fingerprint density at radius 3 is 2.43 bits per heavy atom. The van der Waals surface area contributed by atoms with E-state index in [4.69, 9.17) is 32.7 Å². The van der Waals surface area contributed by atoms with Crippen molar-refractivity contribution < 1.29 is 27.4 Å². The average molecular weight is 448 g/mol. The lowest BCUT2D eigenvalue weighted by Gasteiger charge is -2.24. The smallest absolute Gasteiger partial charge is 0.326 e. The largest absolute Gasteiger partial charge is 0.495 e. The van der Waals surface area contributed by atoms with Crippen molar-refractivity contribution in [2.75, 3.05) is 31.7 Å². The molecule has 0 spiro atoms. The Hall–Kier alpha value is -2.16. The highest BCUT2D eigenvalue weighted by atomic mass is 35.5. The highest BCUT2D eigenvalue weighted by molar-refractivity contribution is 7.93. The first-order valence-electron chi connectivity index (χ1n) is 8.10. The number of carbonyl (C=O) groups excluding carboxylic acids is 1. The molecule has 0 atom stereocenters. The molecule has 0 N–H and O–H groups in total. The van der Waals surface area contributed by atoms with Gasteiger partial charge in [0.05, 0.1) is 31.5 Å². The molecule has 2 aromatic carbocycles. The minimum atomic E-state index is -4.26. The van der Waals surface area contributed by atoms with Gasteiger partial charge in [0.15, 0.2) is 0 Å². The number of hydrogen-bond acceptors (Lipinski definition) is 6. The van der Waals surface area contributed by atoms with Gasteiger partial charge < -0.3 is 14.2 Å². The molecule has 152 valence electrons. The molecule has 0 aromatic heterocycles. The average Bonchev–Trinajstić information content (AvgIpc) is 2.68. The number of nitrogens with zero attached hydrogens (tertiary/aromatic N) is 1. The minimum Gasteiger partial charge on any atom is -0.495 e. The summed E-state index contributed by atoms with van der Waals surface area (Å²) >= 11 is 12.3. The Morgan fingerprint density at radius 1 is 1.11 bits per heavy atom. The highest BCUT2D eigenvalue weighted by Crippen LogP contribution is 2.38. The van der Waals surface area contributed by atoms with Crippen LogP contribution < -0.4 is 13.8 Å². The van der Waals surface area contributed by atoms with Crippen molar-refractivity contribution in [3.63, 3.8) is 0 Å². The van der Waals surface area contributed by atoms with Crippen LogP contribution in [0.2, 0.25) is 10.0 Å². The van der Waals surface area contributed by atoms with E-state index in [2.05, 4.69) is 4.74 Å². The molecule has 0 aliphatic carbocycles. The molecule has 0 bridgehead atoms. The van der Waals surface area contributed by atoms with Gasteiger partial charge in [-0.2, -0.15) is 0 Å². The van der Waals surface area contributed by atoms with E-state index in [0.29, 0.717) is 12.4 Å². The minimum absolute atomic E-state index is 0.0497. The zero-order chi connectivity index (χ0) is 20.9. The van der Waals surface area contributed by atoms with Crippen molar-refractivity contribution in [2.45, 2.75) is 11.8 Å². The van der Waals surface area contributed by atoms with Crippen molar-refractivity contribution in [1.82, 2.24) is 0 Å². The van der Waals surface area contributed by atoms with Crippen LogP contribution in [0.25, 0.3) is 0 Å². The number of halogens is 2. The molecular weight excluding hydrogens is 429 g/mol. The van der Waals surface area contributed by atoms with Gasteiger partial charge in [0, 0.05) is 6.07 Å². The SMILES string of the molecule is CCOc1cccc(N(CC(=O)OC)S(=O)(=O)c2ccc(OC)c(Cl)c2Cl)c1. The van der Waals surface area contributed by atoms with E-state index in [9.17, 15) is 13.2 Å². The lowest BCUT2D eigenvalue weighted by molar-refractivity contribution is -0.138. The van der Waals surface area contributed by atoms with Gasteiger partial charge in [0.2, 0.25) is 0 Å². The van der Waals surface area contributed by atoms with Crippen LogP contribution in [0.3, 0.4) is 0 Å². The van der Waals surface area contributed by atoms with E-state index in [1.807, 2.05) is 0 Å². The van der Waals surface area contributed by atoms with Crippen LogP contribution in [0, 0.1) is 0 Å². The number of sulfonamides is 1. The Balaban J connectivity index is 2.61. The molecule has 2 rings (SSSR count). The van der Waals surface area contributed by atoms with Gasteiger partial charge in [0.1, 0.15) is 28.0 Å². The Morgan fingerprint density at radius 2 is 1.82 bits per heavy atom. The summed E-state index contributed by atoms with van der Waals surface area (Å²) in [5, 5.41) is -0.261. The number of carbonyl (C=O) groups is 1. The molecular formula is C18H19Cl2NO6S. The molecule has 28 heavy (non-hydrogen) atoms. The number of benzene rings is 2. The fourth-order valence-electron chi connectivity index (χ4n) is 2.38. The van der Waals surface area contributed by atoms with Gasteiger partial charge in [0.25, 0.3) is 10.0 Å². The summed E-state index contributed by atoms with van der Waals surface area (Å²) in [6, 6.07) is 8.97. The molecule has 0 aliphatic heterocycles. The number of methoxy groups -OCH3 is 2. The monoisotopic (exact) mass is 447 g/mol. The predicted molar refractivity (Wildman–Crippen MR) is 107 cm³/mol. The van der Waals surface area contributed by atoms with Crippen LogP contribution in [0.5, 0.6) is 11.5 Å². The van der Waals surface area contributed by atoms with Crippen LogP contribution in [0.1, 0.15) is 6.92 Å². The molecule has 0 aliphatic rings. The van der Waals surface area contributed by atoms with Crippen LogP contribution in [-0.4, -0.2) is 41.8 Å². The molecule has 0 saturated carbocycles. The second-order valence-corrected chi connectivity index (χ2v) is 8.00. The Bertz CT molecular complexity index is 965. The number of esters is 1. The topological polar surface area (TPSA) is 82.1 Å². The molecule has 0 heterocycles. The quantitative estimate of drug-likeness (QED) is 0.572. The van der Waals surface area contributed by atoms with Gasteiger partial charge in [-0.1, -0.05) is 29.3 Å². The van der Waals surface area contributed by atoms with Crippen LogP contribution >= 0.6 is 23.2 Å². The molecule has 0 unspecified atom stereocenters. The lowest BCUT2D eigenvalue weighted by Crippen LogP contribution is -2.36. The summed E-state index contributed by atoms with van der Waals surface area (Å²) in [5.74, 6) is -0.0754. The third kappa shape index (κ3) is 4.63. The van der Waals surface area contributed by atoms with Crippen molar-refractivity contribution in [1.29, 1.82) is 0 Å². The fourth-order valence-corrected chi connectivity index (χ4v) is 4.60. The maximum absolute atomic E-state index is 13.3. The maximum atomic E-state index is 13.3. The maximum Gasteiger partial charge on any atom is 0.326 e. The third-order valence-corrected chi connectivity index (χ3v) is 6.51. The molecule has 0 fully saturated rings. The van der Waals surface area contributed by atoms with E-state index in [-0.39, 0.29) is 26.4 Å². The van der Waals surface area contributed by atoms with Gasteiger partial charge in [-0.3, -0.25) is 9.10 Å². The van der Waals surface area contributed by atoms with Crippen LogP contribution in [0.15, 0.2) is 41.3 Å². The first kappa shape index (κ1) is 22.1. The number of ether oxygens (including phenoxy) is 3. The summed E-state index contributed by atoms with van der Waals surface area (Å²) in [6.07, 6.45) is 0. The molecule has 0 saturated heterocycles. The number of hydrogen-bond donors (Lipinski definition) is 0. The van der Waals surface area contributed by atoms with Crippen LogP contribution in [0.4, 0.5) is 5.69 Å². The van der Waals surface area contributed by atoms with E-state index < -0.39 is 22.5 Å². The summed E-state index contributed by atoms with van der Waals surface area (Å²) < 4.78 is 42.6. The Labute approximate surface area is 173 Å². The normalized spacial score (nSPS) is 11.0. The van der Waals surface area contributed by atoms with E-state index in [1.54, 1.807) is 19.1 Å².